The van der Waals surface area contributed by atoms with Crippen LogP contribution in [-0.2, 0) is 21.4 Å². The van der Waals surface area contributed by atoms with Gasteiger partial charge >= 0.3 is 0 Å². The molecule has 10 nitrogen and oxygen atoms in total. The predicted octanol–water partition coefficient (Wildman–Crippen LogP) is 2.85. The van der Waals surface area contributed by atoms with Crippen LogP contribution in [0.2, 0.25) is 0 Å². The fraction of sp³-hybridized carbons (Fsp3) is 0.273. The summed E-state index contributed by atoms with van der Waals surface area (Å²) in [6.07, 6.45) is 2.04. The molecule has 33 heavy (non-hydrogen) atoms. The monoisotopic (exact) mass is 465 g/mol. The van der Waals surface area contributed by atoms with E-state index in [-0.39, 0.29) is 29.7 Å². The van der Waals surface area contributed by atoms with Crippen LogP contribution < -0.4 is 14.4 Å². The normalized spacial score (nSPS) is 15.5. The molecule has 0 bridgehead atoms. The molecule has 1 N–H and O–H groups in total. The first-order valence-electron chi connectivity index (χ1n) is 10.3. The minimum Gasteiger partial charge on any atom is -0.482 e. The molecule has 2 aromatic carbocycles. The van der Waals surface area contributed by atoms with Crippen molar-refractivity contribution in [3.05, 3.63) is 59.2 Å². The average Bonchev–Trinajstić information content (AvgIpc) is 3.54. The second-order valence-corrected chi connectivity index (χ2v) is 9.62. The van der Waals surface area contributed by atoms with Gasteiger partial charge in [0.2, 0.25) is 5.89 Å². The fourth-order valence-corrected chi connectivity index (χ4v) is 4.89. The van der Waals surface area contributed by atoms with Crippen molar-refractivity contribution in [1.29, 1.82) is 5.26 Å². The molecule has 168 valence electrons. The van der Waals surface area contributed by atoms with Gasteiger partial charge in [-0.15, -0.1) is 0 Å². The van der Waals surface area contributed by atoms with E-state index >= 15 is 0 Å². The summed E-state index contributed by atoms with van der Waals surface area (Å²) in [6.45, 7) is 1.51. The molecule has 1 aromatic heterocycles. The Morgan fingerprint density at radius 1 is 1.24 bits per heavy atom. The van der Waals surface area contributed by atoms with E-state index in [9.17, 15) is 13.2 Å². The molecule has 1 aliphatic carbocycles. The van der Waals surface area contributed by atoms with Crippen LogP contribution in [0.25, 0.3) is 0 Å². The van der Waals surface area contributed by atoms with Crippen molar-refractivity contribution in [3.8, 4) is 11.8 Å². The third kappa shape index (κ3) is 4.12. The molecule has 1 amide bonds. The van der Waals surface area contributed by atoms with Gasteiger partial charge in [-0.2, -0.15) is 10.2 Å². The summed E-state index contributed by atoms with van der Waals surface area (Å²) < 4.78 is 39.4. The van der Waals surface area contributed by atoms with Crippen LogP contribution in [0.5, 0.6) is 5.75 Å². The number of fused-ring (bicyclic) bond motifs is 1. The lowest BCUT2D eigenvalue weighted by Gasteiger charge is -2.29. The molecule has 0 radical (unpaired) electrons. The van der Waals surface area contributed by atoms with Crippen molar-refractivity contribution in [3.63, 3.8) is 0 Å². The van der Waals surface area contributed by atoms with Gasteiger partial charge in [-0.3, -0.25) is 14.4 Å². The van der Waals surface area contributed by atoms with Gasteiger partial charge in [0.25, 0.3) is 15.9 Å². The lowest BCUT2D eigenvalue weighted by molar-refractivity contribution is -0.121. The first-order valence-corrected chi connectivity index (χ1v) is 11.8. The maximum absolute atomic E-state index is 13.0. The average molecular weight is 465 g/mol. The number of nitrogens with zero attached hydrogens (tertiary/aromatic N) is 4. The smallest absolute Gasteiger partial charge is 0.265 e. The molecular weight excluding hydrogens is 446 g/mol. The standard InChI is InChI=1S/C22H19N5O5S/c1-13-8-17-18(9-19(13)33(29,30)26-16-6-2-14(10-23)3-7-16)31-12-21(28)27(17)11-20-24-22(32-25-20)15-4-5-15/h2-3,6-9,15,26H,4-5,11-12H2,1H3. The number of aryl methyl sites for hydroxylation is 1. The third-order valence-corrected chi connectivity index (χ3v) is 6.99. The molecule has 2 aliphatic rings. The summed E-state index contributed by atoms with van der Waals surface area (Å²) in [4.78, 5) is 18.4. The van der Waals surface area contributed by atoms with Gasteiger partial charge in [0.05, 0.1) is 28.8 Å². The van der Waals surface area contributed by atoms with E-state index in [0.29, 0.717) is 40.1 Å². The number of nitriles is 1. The van der Waals surface area contributed by atoms with E-state index in [0.717, 1.165) is 12.8 Å². The molecule has 0 unspecified atom stereocenters. The Morgan fingerprint density at radius 2 is 2.00 bits per heavy atom. The Kier molecular flexibility index (Phi) is 5.02. The Bertz CT molecular complexity index is 1390. The zero-order valence-corrected chi connectivity index (χ0v) is 18.4. The summed E-state index contributed by atoms with van der Waals surface area (Å²) in [5.41, 5.74) is 1.63. The molecule has 0 spiro atoms. The van der Waals surface area contributed by atoms with Crippen LogP contribution >= 0.6 is 0 Å². The largest absolute Gasteiger partial charge is 0.482 e. The number of ether oxygens (including phenoxy) is 1. The Labute approximate surface area is 189 Å². The van der Waals surface area contributed by atoms with Crippen molar-refractivity contribution in [1.82, 2.24) is 10.1 Å². The number of amides is 1. The van der Waals surface area contributed by atoms with Crippen LogP contribution in [0.4, 0.5) is 11.4 Å². The van der Waals surface area contributed by atoms with Crippen LogP contribution in [0.15, 0.2) is 45.8 Å². The van der Waals surface area contributed by atoms with Crippen LogP contribution in [0.1, 0.15) is 41.6 Å². The zero-order chi connectivity index (χ0) is 23.2. The van der Waals surface area contributed by atoms with Gasteiger partial charge < -0.3 is 9.26 Å². The Balaban J connectivity index is 1.43. The highest BCUT2D eigenvalue weighted by Gasteiger charge is 2.32. The molecule has 0 saturated heterocycles. The molecule has 1 fully saturated rings. The van der Waals surface area contributed by atoms with Gasteiger partial charge in [-0.1, -0.05) is 5.16 Å². The number of aromatic nitrogens is 2. The van der Waals surface area contributed by atoms with Gasteiger partial charge in [0.15, 0.2) is 12.4 Å². The van der Waals surface area contributed by atoms with Crippen molar-refractivity contribution in [2.75, 3.05) is 16.2 Å². The quantitative estimate of drug-likeness (QED) is 0.586. The second kappa shape index (κ2) is 7.90. The van der Waals surface area contributed by atoms with Crippen molar-refractivity contribution in [2.24, 2.45) is 0 Å². The number of carbonyl (C=O) groups is 1. The van der Waals surface area contributed by atoms with Crippen molar-refractivity contribution in [2.45, 2.75) is 37.1 Å². The van der Waals surface area contributed by atoms with E-state index in [2.05, 4.69) is 14.9 Å². The van der Waals surface area contributed by atoms with E-state index in [4.69, 9.17) is 14.5 Å². The summed E-state index contributed by atoms with van der Waals surface area (Å²) in [7, 11) is -3.94. The summed E-state index contributed by atoms with van der Waals surface area (Å²) in [5, 5.41) is 12.9. The lowest BCUT2D eigenvalue weighted by atomic mass is 10.1. The maximum Gasteiger partial charge on any atom is 0.265 e. The highest BCUT2D eigenvalue weighted by Crippen LogP contribution is 2.40. The van der Waals surface area contributed by atoms with Crippen molar-refractivity contribution >= 4 is 27.3 Å². The number of nitrogens with one attached hydrogen (secondary N) is 1. The molecule has 5 rings (SSSR count). The van der Waals surface area contributed by atoms with Crippen LogP contribution in [-0.4, -0.2) is 31.1 Å². The van der Waals surface area contributed by atoms with E-state index in [1.54, 1.807) is 13.0 Å². The molecule has 2 heterocycles. The molecule has 11 heteroatoms. The van der Waals surface area contributed by atoms with Gasteiger partial charge in [-0.25, -0.2) is 8.42 Å². The number of carbonyl (C=O) groups excluding carboxylic acids is 1. The highest BCUT2D eigenvalue weighted by atomic mass is 32.2. The number of hydrogen-bond donors (Lipinski definition) is 1. The first kappa shape index (κ1) is 21.0. The summed E-state index contributed by atoms with van der Waals surface area (Å²) >= 11 is 0. The fourth-order valence-electron chi connectivity index (χ4n) is 3.59. The van der Waals surface area contributed by atoms with Crippen molar-refractivity contribution < 1.29 is 22.5 Å². The first-order chi connectivity index (χ1) is 15.8. The maximum atomic E-state index is 13.0. The van der Waals surface area contributed by atoms with Gasteiger partial charge in [0.1, 0.15) is 5.75 Å². The SMILES string of the molecule is Cc1cc2c(cc1S(=O)(=O)Nc1ccc(C#N)cc1)OCC(=O)N2Cc1noc(C2CC2)n1. The molecular formula is C22H19N5O5S. The van der Waals surface area contributed by atoms with Crippen LogP contribution in [0.3, 0.4) is 0 Å². The van der Waals surface area contributed by atoms with Crippen LogP contribution in [0, 0.1) is 18.3 Å². The Morgan fingerprint density at radius 3 is 2.70 bits per heavy atom. The third-order valence-electron chi connectivity index (χ3n) is 5.47. The zero-order valence-electron chi connectivity index (χ0n) is 17.6. The number of benzene rings is 2. The molecule has 1 aliphatic heterocycles. The summed E-state index contributed by atoms with van der Waals surface area (Å²) in [5.74, 6) is 1.25. The number of rotatable bonds is 6. The highest BCUT2D eigenvalue weighted by molar-refractivity contribution is 7.92. The topological polar surface area (TPSA) is 138 Å². The molecule has 1 saturated carbocycles. The minimum absolute atomic E-state index is 0.0236. The number of anilines is 2. The van der Waals surface area contributed by atoms with Gasteiger partial charge in [0, 0.05) is 17.7 Å². The van der Waals surface area contributed by atoms with E-state index < -0.39 is 10.0 Å². The van der Waals surface area contributed by atoms with E-state index in [1.165, 1.54) is 35.2 Å². The number of hydrogen-bond acceptors (Lipinski definition) is 8. The van der Waals surface area contributed by atoms with E-state index in [1.807, 2.05) is 6.07 Å². The molecule has 3 aromatic rings. The summed E-state index contributed by atoms with van der Waals surface area (Å²) in [6, 6.07) is 11.1. The predicted molar refractivity (Wildman–Crippen MR) is 116 cm³/mol. The minimum atomic E-state index is -3.94. The second-order valence-electron chi connectivity index (χ2n) is 7.97. The number of sulfonamides is 1. The molecule has 0 atom stereocenters. The Hall–Kier alpha value is -3.91. The van der Waals surface area contributed by atoms with Gasteiger partial charge in [-0.05, 0) is 55.7 Å². The lowest BCUT2D eigenvalue weighted by Crippen LogP contribution is -2.38.